The van der Waals surface area contributed by atoms with E-state index in [0.29, 0.717) is 12.2 Å². The van der Waals surface area contributed by atoms with Gasteiger partial charge in [-0.05, 0) is 34.5 Å². The van der Waals surface area contributed by atoms with Crippen LogP contribution in [0.3, 0.4) is 0 Å². The molecule has 0 aliphatic heterocycles. The third kappa shape index (κ3) is 2.13. The topological polar surface area (TPSA) is 46.5 Å². The van der Waals surface area contributed by atoms with Crippen LogP contribution in [0, 0.1) is 11.3 Å². The minimum absolute atomic E-state index is 0.653. The van der Waals surface area contributed by atoms with E-state index >= 15 is 0 Å². The van der Waals surface area contributed by atoms with Crippen LogP contribution in [0.1, 0.15) is 24.0 Å². The number of hydrogen-bond acceptors (Lipinski definition) is 2. The summed E-state index contributed by atoms with van der Waals surface area (Å²) in [5, 5.41) is 13.4. The molecule has 0 amide bonds. The fourth-order valence-corrected chi connectivity index (χ4v) is 2.55. The Balaban J connectivity index is 2.37. The van der Waals surface area contributed by atoms with E-state index in [1.165, 1.54) is 0 Å². The van der Waals surface area contributed by atoms with Crippen LogP contribution in [-0.4, -0.2) is 14.3 Å². The molecular formula is C12H13BrN4. The zero-order valence-electron chi connectivity index (χ0n) is 9.81. The van der Waals surface area contributed by atoms with Crippen LogP contribution >= 0.6 is 15.9 Å². The molecule has 2 heterocycles. The average Bonchev–Trinajstić information content (AvgIpc) is 2.88. The quantitative estimate of drug-likeness (QED) is 0.872. The number of nitriles is 1. The van der Waals surface area contributed by atoms with Gasteiger partial charge in [0.25, 0.3) is 0 Å². The second-order valence-electron chi connectivity index (χ2n) is 3.82. The summed E-state index contributed by atoms with van der Waals surface area (Å²) in [6.07, 6.45) is 2.80. The van der Waals surface area contributed by atoms with Crippen molar-refractivity contribution in [1.29, 1.82) is 5.26 Å². The van der Waals surface area contributed by atoms with Crippen LogP contribution < -0.4 is 0 Å². The van der Waals surface area contributed by atoms with Gasteiger partial charge >= 0.3 is 0 Å². The molecular weight excluding hydrogens is 280 g/mol. The van der Waals surface area contributed by atoms with Gasteiger partial charge in [-0.15, -0.1) is 0 Å². The predicted molar refractivity (Wildman–Crippen MR) is 68.5 cm³/mol. The van der Waals surface area contributed by atoms with E-state index in [0.717, 1.165) is 22.3 Å². The summed E-state index contributed by atoms with van der Waals surface area (Å²) in [5.74, 6) is 0. The van der Waals surface area contributed by atoms with Crippen molar-refractivity contribution in [1.82, 2.24) is 14.3 Å². The van der Waals surface area contributed by atoms with Gasteiger partial charge in [-0.25, -0.2) is 0 Å². The molecule has 5 heteroatoms. The smallest absolute Gasteiger partial charge is 0.120 e. The molecule has 0 aromatic carbocycles. The Kier molecular flexibility index (Phi) is 3.34. The van der Waals surface area contributed by atoms with Crippen LogP contribution in [0.4, 0.5) is 0 Å². The Bertz CT molecular complexity index is 574. The third-order valence-corrected chi connectivity index (χ3v) is 3.68. The van der Waals surface area contributed by atoms with E-state index < -0.39 is 0 Å². The fourth-order valence-electron chi connectivity index (χ4n) is 1.81. The van der Waals surface area contributed by atoms with Crippen LogP contribution in [-0.2, 0) is 20.0 Å². The van der Waals surface area contributed by atoms with Crippen molar-refractivity contribution in [2.45, 2.75) is 19.9 Å². The average molecular weight is 293 g/mol. The summed E-state index contributed by atoms with van der Waals surface area (Å²) in [7, 11) is 1.93. The molecule has 2 aromatic rings. The Morgan fingerprint density at radius 3 is 2.88 bits per heavy atom. The lowest BCUT2D eigenvalue weighted by atomic mass is 10.3. The molecule has 2 rings (SSSR count). The number of aromatic nitrogens is 3. The van der Waals surface area contributed by atoms with Gasteiger partial charge in [0.1, 0.15) is 11.8 Å². The van der Waals surface area contributed by atoms with Gasteiger partial charge in [0.2, 0.25) is 0 Å². The van der Waals surface area contributed by atoms with Crippen LogP contribution in [0.15, 0.2) is 22.8 Å². The first-order chi connectivity index (χ1) is 8.17. The highest BCUT2D eigenvalue weighted by Gasteiger charge is 2.13. The first-order valence-corrected chi connectivity index (χ1v) is 6.22. The lowest BCUT2D eigenvalue weighted by Gasteiger charge is -2.05. The standard InChI is InChI=1S/C12H13BrN4/c1-3-10-12(13)11(16(2)15-10)8-17-6-4-5-9(17)7-14/h4-6H,3,8H2,1-2H3. The fraction of sp³-hybridized carbons (Fsp3) is 0.333. The molecule has 88 valence electrons. The molecule has 0 unspecified atom stereocenters. The SMILES string of the molecule is CCc1nn(C)c(Cn2cccc2C#N)c1Br. The third-order valence-electron chi connectivity index (χ3n) is 2.77. The molecule has 0 bridgehead atoms. The van der Waals surface area contributed by atoms with Crippen molar-refractivity contribution < 1.29 is 0 Å². The summed E-state index contributed by atoms with van der Waals surface area (Å²) >= 11 is 3.57. The van der Waals surface area contributed by atoms with Crippen molar-refractivity contribution >= 4 is 15.9 Å². The molecule has 0 aliphatic carbocycles. The molecule has 0 saturated carbocycles. The van der Waals surface area contributed by atoms with Gasteiger partial charge in [-0.3, -0.25) is 4.68 Å². The van der Waals surface area contributed by atoms with Crippen molar-refractivity contribution in [3.05, 3.63) is 39.9 Å². The summed E-state index contributed by atoms with van der Waals surface area (Å²) in [6, 6.07) is 5.86. The lowest BCUT2D eigenvalue weighted by Crippen LogP contribution is -2.06. The predicted octanol–water partition coefficient (Wildman–Crippen LogP) is 2.47. The molecule has 0 N–H and O–H groups in total. The van der Waals surface area contributed by atoms with Gasteiger partial charge in [0, 0.05) is 13.2 Å². The molecule has 0 radical (unpaired) electrons. The van der Waals surface area contributed by atoms with Gasteiger partial charge in [-0.1, -0.05) is 6.92 Å². The minimum Gasteiger partial charge on any atom is -0.333 e. The van der Waals surface area contributed by atoms with Crippen molar-refractivity contribution in [3.8, 4) is 6.07 Å². The number of rotatable bonds is 3. The van der Waals surface area contributed by atoms with Crippen molar-refractivity contribution in [2.75, 3.05) is 0 Å². The Morgan fingerprint density at radius 1 is 1.53 bits per heavy atom. The highest BCUT2D eigenvalue weighted by Crippen LogP contribution is 2.22. The van der Waals surface area contributed by atoms with E-state index in [1.807, 2.05) is 34.6 Å². The number of halogens is 1. The maximum Gasteiger partial charge on any atom is 0.120 e. The highest BCUT2D eigenvalue weighted by molar-refractivity contribution is 9.10. The van der Waals surface area contributed by atoms with Crippen molar-refractivity contribution in [3.63, 3.8) is 0 Å². The first kappa shape index (κ1) is 11.9. The molecule has 4 nitrogen and oxygen atoms in total. The zero-order valence-corrected chi connectivity index (χ0v) is 11.4. The largest absolute Gasteiger partial charge is 0.333 e. The first-order valence-electron chi connectivity index (χ1n) is 5.42. The molecule has 2 aromatic heterocycles. The number of hydrogen-bond donors (Lipinski definition) is 0. The summed E-state index contributed by atoms with van der Waals surface area (Å²) in [6.45, 7) is 2.73. The van der Waals surface area contributed by atoms with E-state index in [2.05, 4.69) is 34.0 Å². The summed E-state index contributed by atoms with van der Waals surface area (Å²) in [5.41, 5.74) is 2.79. The number of nitrogens with zero attached hydrogens (tertiary/aromatic N) is 4. The Hall–Kier alpha value is -1.54. The highest BCUT2D eigenvalue weighted by atomic mass is 79.9. The lowest BCUT2D eigenvalue weighted by molar-refractivity contribution is 0.658. The molecule has 0 fully saturated rings. The van der Waals surface area contributed by atoms with Gasteiger partial charge in [-0.2, -0.15) is 10.4 Å². The monoisotopic (exact) mass is 292 g/mol. The van der Waals surface area contributed by atoms with E-state index in [4.69, 9.17) is 5.26 Å². The Morgan fingerprint density at radius 2 is 2.29 bits per heavy atom. The maximum absolute atomic E-state index is 8.97. The van der Waals surface area contributed by atoms with Crippen molar-refractivity contribution in [2.24, 2.45) is 7.05 Å². The minimum atomic E-state index is 0.653. The van der Waals surface area contributed by atoms with Crippen LogP contribution in [0.2, 0.25) is 0 Å². The molecule has 0 saturated heterocycles. The molecule has 0 spiro atoms. The zero-order chi connectivity index (χ0) is 12.4. The molecule has 0 atom stereocenters. The van der Waals surface area contributed by atoms with E-state index in [9.17, 15) is 0 Å². The van der Waals surface area contributed by atoms with Crippen LogP contribution in [0.5, 0.6) is 0 Å². The van der Waals surface area contributed by atoms with Crippen LogP contribution in [0.25, 0.3) is 0 Å². The molecule has 17 heavy (non-hydrogen) atoms. The number of aryl methyl sites for hydroxylation is 2. The van der Waals surface area contributed by atoms with E-state index in [1.54, 1.807) is 0 Å². The second kappa shape index (κ2) is 4.76. The summed E-state index contributed by atoms with van der Waals surface area (Å²) in [4.78, 5) is 0. The maximum atomic E-state index is 8.97. The van der Waals surface area contributed by atoms with Gasteiger partial charge < -0.3 is 4.57 Å². The Labute approximate surface area is 109 Å². The van der Waals surface area contributed by atoms with Gasteiger partial charge in [0.15, 0.2) is 0 Å². The van der Waals surface area contributed by atoms with Gasteiger partial charge in [0.05, 0.1) is 22.4 Å². The second-order valence-corrected chi connectivity index (χ2v) is 4.61. The summed E-state index contributed by atoms with van der Waals surface area (Å²) < 4.78 is 4.82. The van der Waals surface area contributed by atoms with E-state index in [-0.39, 0.29) is 0 Å². The normalized spacial score (nSPS) is 10.5. The molecule has 0 aliphatic rings.